The maximum absolute atomic E-state index is 4.27. The number of anilines is 1. The maximum atomic E-state index is 4.27. The van der Waals surface area contributed by atoms with Gasteiger partial charge in [-0.2, -0.15) is 5.10 Å². The molecule has 2 rings (SSSR count). The number of rotatable bonds is 7. The summed E-state index contributed by atoms with van der Waals surface area (Å²) < 4.78 is 0. The molecule has 1 N–H and O–H groups in total. The van der Waals surface area contributed by atoms with E-state index in [-0.39, 0.29) is 0 Å². The Morgan fingerprint density at radius 1 is 1.10 bits per heavy atom. The van der Waals surface area contributed by atoms with Crippen LogP contribution >= 0.6 is 0 Å². The molecule has 2 heterocycles. The molecule has 5 nitrogen and oxygen atoms in total. The summed E-state index contributed by atoms with van der Waals surface area (Å²) in [6.45, 7) is 4.72. The van der Waals surface area contributed by atoms with Crippen LogP contribution < -0.4 is 10.2 Å². The Kier molecular flexibility index (Phi) is 5.43. The van der Waals surface area contributed by atoms with E-state index < -0.39 is 0 Å². The van der Waals surface area contributed by atoms with Crippen molar-refractivity contribution in [2.75, 3.05) is 18.5 Å². The average molecular weight is 271 g/mol. The lowest BCUT2D eigenvalue weighted by Gasteiger charge is -2.17. The molecule has 0 aliphatic heterocycles. The van der Waals surface area contributed by atoms with E-state index in [0.29, 0.717) is 0 Å². The molecule has 0 saturated heterocycles. The Morgan fingerprint density at radius 2 is 1.90 bits per heavy atom. The molecule has 0 aliphatic carbocycles. The second kappa shape index (κ2) is 7.55. The predicted molar refractivity (Wildman–Crippen MR) is 80.4 cm³/mol. The number of pyridine rings is 1. The van der Waals surface area contributed by atoms with Crippen molar-refractivity contribution in [3.05, 3.63) is 47.9 Å². The molecule has 0 atom stereocenters. The monoisotopic (exact) mass is 271 g/mol. The lowest BCUT2D eigenvalue weighted by atomic mass is 10.2. The van der Waals surface area contributed by atoms with Gasteiger partial charge in [-0.1, -0.05) is 6.92 Å². The van der Waals surface area contributed by atoms with E-state index in [4.69, 9.17) is 0 Å². The fourth-order valence-corrected chi connectivity index (χ4v) is 1.89. The summed E-state index contributed by atoms with van der Waals surface area (Å²) in [4.78, 5) is 6.09. The lowest BCUT2D eigenvalue weighted by Crippen LogP contribution is -2.19. The first kappa shape index (κ1) is 14.4. The van der Waals surface area contributed by atoms with Crippen molar-refractivity contribution in [3.63, 3.8) is 0 Å². The van der Waals surface area contributed by atoms with E-state index in [1.54, 1.807) is 12.4 Å². The molecular formula is C15H21N5. The maximum Gasteiger partial charge on any atom is 0.151 e. The average Bonchev–Trinajstić information content (AvgIpc) is 2.49. The first-order valence-electron chi connectivity index (χ1n) is 6.93. The Morgan fingerprint density at radius 3 is 2.55 bits per heavy atom. The van der Waals surface area contributed by atoms with E-state index >= 15 is 0 Å². The van der Waals surface area contributed by atoms with Crippen LogP contribution in [0.5, 0.6) is 0 Å². The molecule has 2 aromatic heterocycles. The summed E-state index contributed by atoms with van der Waals surface area (Å²) in [7, 11) is 2.01. The number of nitrogens with zero attached hydrogens (tertiary/aromatic N) is 4. The number of aromatic nitrogens is 3. The van der Waals surface area contributed by atoms with Crippen LogP contribution in [0.15, 0.2) is 36.7 Å². The molecule has 0 unspecified atom stereocenters. The van der Waals surface area contributed by atoms with E-state index in [1.807, 2.05) is 31.3 Å². The van der Waals surface area contributed by atoms with Gasteiger partial charge in [-0.15, -0.1) is 5.10 Å². The summed E-state index contributed by atoms with van der Waals surface area (Å²) in [6.07, 6.45) is 4.73. The minimum atomic E-state index is 0.773. The van der Waals surface area contributed by atoms with Gasteiger partial charge in [0.2, 0.25) is 0 Å². The third-order valence-electron chi connectivity index (χ3n) is 3.00. The SMILES string of the molecule is CCCNCc1ccc(N(C)Cc2ccncc2)nn1. The van der Waals surface area contributed by atoms with Crippen LogP contribution in [0.3, 0.4) is 0 Å². The van der Waals surface area contributed by atoms with Gasteiger partial charge < -0.3 is 10.2 Å². The highest BCUT2D eigenvalue weighted by Gasteiger charge is 2.04. The molecule has 0 saturated carbocycles. The van der Waals surface area contributed by atoms with Gasteiger partial charge >= 0.3 is 0 Å². The summed E-state index contributed by atoms with van der Waals surface area (Å²) in [5.74, 6) is 0.876. The Balaban J connectivity index is 1.92. The van der Waals surface area contributed by atoms with E-state index in [9.17, 15) is 0 Å². The van der Waals surface area contributed by atoms with Crippen LogP contribution in [0.4, 0.5) is 5.82 Å². The molecule has 20 heavy (non-hydrogen) atoms. The first-order chi connectivity index (χ1) is 9.79. The van der Waals surface area contributed by atoms with Crippen LogP contribution in [0.1, 0.15) is 24.6 Å². The van der Waals surface area contributed by atoms with Crippen molar-refractivity contribution in [1.29, 1.82) is 0 Å². The highest BCUT2D eigenvalue weighted by Crippen LogP contribution is 2.11. The van der Waals surface area contributed by atoms with Gasteiger partial charge in [-0.3, -0.25) is 4.98 Å². The summed E-state index contributed by atoms with van der Waals surface area (Å²) >= 11 is 0. The fourth-order valence-electron chi connectivity index (χ4n) is 1.89. The molecule has 5 heteroatoms. The van der Waals surface area contributed by atoms with Gasteiger partial charge in [0.25, 0.3) is 0 Å². The zero-order valence-electron chi connectivity index (χ0n) is 12.1. The van der Waals surface area contributed by atoms with Gasteiger partial charge in [0, 0.05) is 32.5 Å². The van der Waals surface area contributed by atoms with E-state index in [0.717, 1.165) is 37.6 Å². The third kappa shape index (κ3) is 4.28. The van der Waals surface area contributed by atoms with Crippen LogP contribution in [0.2, 0.25) is 0 Å². The van der Waals surface area contributed by atoms with Gasteiger partial charge in [-0.05, 0) is 42.8 Å². The first-order valence-corrected chi connectivity index (χ1v) is 6.93. The number of nitrogens with one attached hydrogen (secondary N) is 1. The van der Waals surface area contributed by atoms with Crippen molar-refractivity contribution in [1.82, 2.24) is 20.5 Å². The minimum Gasteiger partial charge on any atom is -0.354 e. The topological polar surface area (TPSA) is 53.9 Å². The van der Waals surface area contributed by atoms with Crippen molar-refractivity contribution < 1.29 is 0 Å². The Hall–Kier alpha value is -2.01. The number of hydrogen-bond donors (Lipinski definition) is 1. The molecule has 0 radical (unpaired) electrons. The van der Waals surface area contributed by atoms with Crippen molar-refractivity contribution >= 4 is 5.82 Å². The molecular weight excluding hydrogens is 250 g/mol. The van der Waals surface area contributed by atoms with Gasteiger partial charge in [0.05, 0.1) is 5.69 Å². The Labute approximate surface area is 120 Å². The van der Waals surface area contributed by atoms with E-state index in [2.05, 4.69) is 32.3 Å². The smallest absolute Gasteiger partial charge is 0.151 e. The molecule has 106 valence electrons. The largest absolute Gasteiger partial charge is 0.354 e. The van der Waals surface area contributed by atoms with Crippen LogP contribution in [0.25, 0.3) is 0 Å². The predicted octanol–water partition coefficient (Wildman–Crippen LogP) is 2.01. The highest BCUT2D eigenvalue weighted by molar-refractivity contribution is 5.37. The van der Waals surface area contributed by atoms with Crippen molar-refractivity contribution in [2.45, 2.75) is 26.4 Å². The molecule has 0 fully saturated rings. The van der Waals surface area contributed by atoms with Gasteiger partial charge in [-0.25, -0.2) is 0 Å². The molecule has 2 aromatic rings. The zero-order chi connectivity index (χ0) is 14.2. The van der Waals surface area contributed by atoms with Crippen LogP contribution in [-0.4, -0.2) is 28.8 Å². The molecule has 0 aromatic carbocycles. The van der Waals surface area contributed by atoms with Gasteiger partial charge in [0.1, 0.15) is 0 Å². The second-order valence-electron chi connectivity index (χ2n) is 4.77. The number of hydrogen-bond acceptors (Lipinski definition) is 5. The lowest BCUT2D eigenvalue weighted by molar-refractivity contribution is 0.656. The highest BCUT2D eigenvalue weighted by atomic mass is 15.2. The summed E-state index contributed by atoms with van der Waals surface area (Å²) in [6, 6.07) is 8.05. The molecule has 0 spiro atoms. The van der Waals surface area contributed by atoms with Crippen LogP contribution in [-0.2, 0) is 13.1 Å². The van der Waals surface area contributed by atoms with E-state index in [1.165, 1.54) is 5.56 Å². The zero-order valence-corrected chi connectivity index (χ0v) is 12.1. The summed E-state index contributed by atoms with van der Waals surface area (Å²) in [5.41, 5.74) is 2.18. The minimum absolute atomic E-state index is 0.773. The fraction of sp³-hybridized carbons (Fsp3) is 0.400. The standard InChI is InChI=1S/C15H21N5/c1-3-8-17-11-14-4-5-15(19-18-14)20(2)12-13-6-9-16-10-7-13/h4-7,9-10,17H,3,8,11-12H2,1-2H3. The molecule has 0 aliphatic rings. The third-order valence-corrected chi connectivity index (χ3v) is 3.00. The summed E-state index contributed by atoms with van der Waals surface area (Å²) in [5, 5.41) is 11.8. The second-order valence-corrected chi connectivity index (χ2v) is 4.77. The Bertz CT molecular complexity index is 497. The molecule has 0 amide bonds. The normalized spacial score (nSPS) is 10.5. The van der Waals surface area contributed by atoms with Gasteiger partial charge in [0.15, 0.2) is 5.82 Å². The van der Waals surface area contributed by atoms with Crippen molar-refractivity contribution in [2.24, 2.45) is 0 Å². The molecule has 0 bridgehead atoms. The quantitative estimate of drug-likeness (QED) is 0.781. The van der Waals surface area contributed by atoms with Crippen LogP contribution in [0, 0.1) is 0 Å². The van der Waals surface area contributed by atoms with Crippen molar-refractivity contribution in [3.8, 4) is 0 Å².